The Bertz CT molecular complexity index is 1040. The molecule has 3 aromatic carbocycles. The van der Waals surface area contributed by atoms with Crippen molar-refractivity contribution in [1.29, 1.82) is 0 Å². The zero-order chi connectivity index (χ0) is 17.8. The Morgan fingerprint density at radius 1 is 0.885 bits per heavy atom. The van der Waals surface area contributed by atoms with Crippen molar-refractivity contribution in [1.82, 2.24) is 4.98 Å². The number of oxazole rings is 1. The van der Waals surface area contributed by atoms with Gasteiger partial charge in [-0.1, -0.05) is 60.7 Å². The van der Waals surface area contributed by atoms with E-state index < -0.39 is 0 Å². The maximum absolute atomic E-state index is 10.9. The summed E-state index contributed by atoms with van der Waals surface area (Å²) in [6.07, 6.45) is 1.48. The fourth-order valence-electron chi connectivity index (χ4n) is 2.93. The summed E-state index contributed by atoms with van der Waals surface area (Å²) in [5.41, 5.74) is 4.70. The lowest BCUT2D eigenvalue weighted by Crippen LogP contribution is -1.97. The molecule has 4 rings (SSSR count). The number of carbonyl (C=O) groups excluding carboxylic acids is 1. The van der Waals surface area contributed by atoms with Gasteiger partial charge in [-0.2, -0.15) is 0 Å². The van der Waals surface area contributed by atoms with Crippen LogP contribution in [0.25, 0.3) is 11.1 Å². The molecule has 0 aliphatic carbocycles. The lowest BCUT2D eigenvalue weighted by molar-refractivity contribution is 0.109. The third kappa shape index (κ3) is 3.49. The van der Waals surface area contributed by atoms with E-state index in [2.05, 4.69) is 41.4 Å². The van der Waals surface area contributed by atoms with E-state index in [0.717, 1.165) is 12.0 Å². The Balaban J connectivity index is 1.51. The molecule has 0 amide bonds. The summed E-state index contributed by atoms with van der Waals surface area (Å²) in [6, 6.07) is 24.1. The Hall–Kier alpha value is -3.40. The molecule has 128 valence electrons. The van der Waals surface area contributed by atoms with E-state index >= 15 is 0 Å². The molecule has 0 atom stereocenters. The first-order valence-electron chi connectivity index (χ1n) is 8.41. The van der Waals surface area contributed by atoms with E-state index in [4.69, 9.17) is 9.15 Å². The normalized spacial score (nSPS) is 10.8. The molecule has 0 saturated heterocycles. The highest BCUT2D eigenvalue weighted by Crippen LogP contribution is 2.26. The van der Waals surface area contributed by atoms with Gasteiger partial charge in [-0.25, -0.2) is 4.98 Å². The first-order valence-corrected chi connectivity index (χ1v) is 8.41. The molecule has 0 aliphatic heterocycles. The standard InChI is InChI=1S/C22H17NO3/c24-14-21-23-22-19(10-5-11-20(22)26-21)25-15-18-9-4-8-17(13-18)12-16-6-2-1-3-7-16/h1-11,13-14H,12,15H2. The highest BCUT2D eigenvalue weighted by Gasteiger charge is 2.10. The minimum atomic E-state index is 0.0564. The SMILES string of the molecule is O=Cc1nc2c(OCc3cccc(Cc4ccccc4)c3)cccc2o1. The molecule has 0 fully saturated rings. The molecular formula is C22H17NO3. The smallest absolute Gasteiger partial charge is 0.261 e. The van der Waals surface area contributed by atoms with Crippen molar-refractivity contribution in [2.24, 2.45) is 0 Å². The third-order valence-corrected chi connectivity index (χ3v) is 4.14. The number of rotatable bonds is 6. The number of hydrogen-bond acceptors (Lipinski definition) is 4. The van der Waals surface area contributed by atoms with E-state index in [0.29, 0.717) is 29.7 Å². The number of para-hydroxylation sites is 1. The fourth-order valence-corrected chi connectivity index (χ4v) is 2.93. The van der Waals surface area contributed by atoms with Crippen molar-refractivity contribution in [2.45, 2.75) is 13.0 Å². The Morgan fingerprint density at radius 3 is 2.50 bits per heavy atom. The van der Waals surface area contributed by atoms with Gasteiger partial charge in [0, 0.05) is 0 Å². The third-order valence-electron chi connectivity index (χ3n) is 4.14. The van der Waals surface area contributed by atoms with Crippen molar-refractivity contribution in [3.8, 4) is 5.75 Å². The van der Waals surface area contributed by atoms with Crippen LogP contribution in [0.1, 0.15) is 27.4 Å². The predicted octanol–water partition coefficient (Wildman–Crippen LogP) is 4.81. The van der Waals surface area contributed by atoms with Crippen LogP contribution in [0.5, 0.6) is 5.75 Å². The minimum absolute atomic E-state index is 0.0564. The van der Waals surface area contributed by atoms with Gasteiger partial charge in [0.2, 0.25) is 6.29 Å². The molecule has 1 heterocycles. The number of fused-ring (bicyclic) bond motifs is 1. The van der Waals surface area contributed by atoms with E-state index in [1.165, 1.54) is 11.1 Å². The molecule has 0 aliphatic rings. The van der Waals surface area contributed by atoms with Crippen LogP contribution in [0.15, 0.2) is 77.2 Å². The fraction of sp³-hybridized carbons (Fsp3) is 0.0909. The molecule has 0 N–H and O–H groups in total. The molecule has 0 radical (unpaired) electrons. The monoisotopic (exact) mass is 343 g/mol. The number of ether oxygens (including phenoxy) is 1. The number of carbonyl (C=O) groups is 1. The summed E-state index contributed by atoms with van der Waals surface area (Å²) < 4.78 is 11.3. The molecule has 0 spiro atoms. The van der Waals surface area contributed by atoms with Gasteiger partial charge in [0.15, 0.2) is 11.1 Å². The van der Waals surface area contributed by atoms with Crippen molar-refractivity contribution >= 4 is 17.4 Å². The van der Waals surface area contributed by atoms with Crippen LogP contribution in [-0.2, 0) is 13.0 Å². The maximum Gasteiger partial charge on any atom is 0.261 e. The molecule has 4 nitrogen and oxygen atoms in total. The van der Waals surface area contributed by atoms with Gasteiger partial charge in [-0.05, 0) is 35.2 Å². The zero-order valence-electron chi connectivity index (χ0n) is 14.1. The lowest BCUT2D eigenvalue weighted by atomic mass is 10.0. The maximum atomic E-state index is 10.9. The van der Waals surface area contributed by atoms with Gasteiger partial charge >= 0.3 is 0 Å². The van der Waals surface area contributed by atoms with E-state index in [1.807, 2.05) is 30.3 Å². The Kier molecular flexibility index (Phi) is 4.48. The molecule has 4 aromatic rings. The topological polar surface area (TPSA) is 52.3 Å². The summed E-state index contributed by atoms with van der Waals surface area (Å²) in [5.74, 6) is 0.661. The first kappa shape index (κ1) is 16.1. The van der Waals surface area contributed by atoms with Crippen molar-refractivity contribution in [3.05, 3.63) is 95.4 Å². The number of hydrogen-bond donors (Lipinski definition) is 0. The van der Waals surface area contributed by atoms with Gasteiger partial charge < -0.3 is 9.15 Å². The number of aldehydes is 1. The van der Waals surface area contributed by atoms with Crippen LogP contribution in [-0.4, -0.2) is 11.3 Å². The van der Waals surface area contributed by atoms with Gasteiger partial charge in [0.1, 0.15) is 12.4 Å². The molecule has 1 aromatic heterocycles. The summed E-state index contributed by atoms with van der Waals surface area (Å²) in [7, 11) is 0. The van der Waals surface area contributed by atoms with Gasteiger partial charge in [0.25, 0.3) is 5.89 Å². The van der Waals surface area contributed by atoms with E-state index in [-0.39, 0.29) is 5.89 Å². The summed E-state index contributed by atoms with van der Waals surface area (Å²) in [4.78, 5) is 15.0. The highest BCUT2D eigenvalue weighted by molar-refractivity contribution is 5.83. The van der Waals surface area contributed by atoms with Crippen LogP contribution in [0.2, 0.25) is 0 Å². The van der Waals surface area contributed by atoms with E-state index in [9.17, 15) is 4.79 Å². The van der Waals surface area contributed by atoms with Crippen LogP contribution < -0.4 is 4.74 Å². The van der Waals surface area contributed by atoms with Gasteiger partial charge in [-0.3, -0.25) is 4.79 Å². The number of nitrogens with zero attached hydrogens (tertiary/aromatic N) is 1. The number of benzene rings is 3. The van der Waals surface area contributed by atoms with Crippen molar-refractivity contribution in [2.75, 3.05) is 0 Å². The second-order valence-corrected chi connectivity index (χ2v) is 6.04. The summed E-state index contributed by atoms with van der Waals surface area (Å²) in [5, 5.41) is 0. The largest absolute Gasteiger partial charge is 0.486 e. The lowest BCUT2D eigenvalue weighted by Gasteiger charge is -2.08. The molecular weight excluding hydrogens is 326 g/mol. The second kappa shape index (κ2) is 7.23. The molecule has 0 saturated carbocycles. The quantitative estimate of drug-likeness (QED) is 0.471. The minimum Gasteiger partial charge on any atom is -0.486 e. The van der Waals surface area contributed by atoms with Gasteiger partial charge in [-0.15, -0.1) is 0 Å². The molecule has 0 unspecified atom stereocenters. The summed E-state index contributed by atoms with van der Waals surface area (Å²) >= 11 is 0. The van der Waals surface area contributed by atoms with Crippen LogP contribution in [0.3, 0.4) is 0 Å². The zero-order valence-corrected chi connectivity index (χ0v) is 14.1. The van der Waals surface area contributed by atoms with Gasteiger partial charge in [0.05, 0.1) is 0 Å². The predicted molar refractivity (Wildman–Crippen MR) is 99.4 cm³/mol. The first-order chi connectivity index (χ1) is 12.8. The average Bonchev–Trinajstić information content (AvgIpc) is 3.11. The highest BCUT2D eigenvalue weighted by atomic mass is 16.5. The number of aromatic nitrogens is 1. The van der Waals surface area contributed by atoms with Crippen LogP contribution in [0, 0.1) is 0 Å². The van der Waals surface area contributed by atoms with Crippen LogP contribution >= 0.6 is 0 Å². The van der Waals surface area contributed by atoms with E-state index in [1.54, 1.807) is 6.07 Å². The average molecular weight is 343 g/mol. The van der Waals surface area contributed by atoms with Crippen molar-refractivity contribution in [3.63, 3.8) is 0 Å². The van der Waals surface area contributed by atoms with Crippen LogP contribution in [0.4, 0.5) is 0 Å². The second-order valence-electron chi connectivity index (χ2n) is 6.04. The Labute approximate surface area is 151 Å². The summed E-state index contributed by atoms with van der Waals surface area (Å²) in [6.45, 7) is 0.422. The molecule has 4 heteroatoms. The Morgan fingerprint density at radius 2 is 1.65 bits per heavy atom. The molecule has 26 heavy (non-hydrogen) atoms. The van der Waals surface area contributed by atoms with Crippen molar-refractivity contribution < 1.29 is 13.9 Å². The molecule has 0 bridgehead atoms.